The number of carbonyl (C=O) groups excluding carboxylic acids is 1. The van der Waals surface area contributed by atoms with Crippen LogP contribution in [0.25, 0.3) is 0 Å². The van der Waals surface area contributed by atoms with E-state index in [4.69, 9.17) is 14.3 Å². The molecule has 1 saturated heterocycles. The van der Waals surface area contributed by atoms with Crippen LogP contribution >= 0.6 is 0 Å². The van der Waals surface area contributed by atoms with E-state index < -0.39 is 11.7 Å². The van der Waals surface area contributed by atoms with Gasteiger partial charge in [-0.15, -0.1) is 0 Å². The van der Waals surface area contributed by atoms with Gasteiger partial charge in [0, 0.05) is 26.2 Å². The van der Waals surface area contributed by atoms with Gasteiger partial charge in [-0.25, -0.2) is 0 Å². The fourth-order valence-electron chi connectivity index (χ4n) is 4.37. The number of benzene rings is 3. The summed E-state index contributed by atoms with van der Waals surface area (Å²) in [5.41, 5.74) is 3.27. The molecule has 3 aromatic rings. The minimum atomic E-state index is -4.38. The molecule has 4 rings (SSSR count). The van der Waals surface area contributed by atoms with Crippen molar-refractivity contribution in [2.24, 2.45) is 11.1 Å². The number of ether oxygens (including phenoxy) is 2. The van der Waals surface area contributed by atoms with Crippen molar-refractivity contribution >= 4 is 11.6 Å². The van der Waals surface area contributed by atoms with E-state index in [0.29, 0.717) is 35.9 Å². The van der Waals surface area contributed by atoms with Gasteiger partial charge in [-0.3, -0.25) is 4.79 Å². The van der Waals surface area contributed by atoms with E-state index >= 15 is 0 Å². The summed E-state index contributed by atoms with van der Waals surface area (Å²) in [6.07, 6.45) is -2.01. The van der Waals surface area contributed by atoms with E-state index in [1.165, 1.54) is 12.1 Å². The molecule has 6 nitrogen and oxygen atoms in total. The number of hydrogen-bond acceptors (Lipinski definition) is 5. The molecule has 1 aliphatic rings. The maximum absolute atomic E-state index is 12.8. The summed E-state index contributed by atoms with van der Waals surface area (Å²) in [7, 11) is 0. The van der Waals surface area contributed by atoms with Crippen LogP contribution in [0.4, 0.5) is 13.2 Å². The Kier molecular flexibility index (Phi) is 10.2. The number of hydrogen-bond donors (Lipinski definition) is 1. The van der Waals surface area contributed by atoms with E-state index in [1.54, 1.807) is 0 Å². The van der Waals surface area contributed by atoms with Crippen LogP contribution in [-0.2, 0) is 33.6 Å². The molecule has 0 spiro atoms. The Balaban J connectivity index is 1.35. The second-order valence-electron chi connectivity index (χ2n) is 9.80. The van der Waals surface area contributed by atoms with E-state index in [9.17, 15) is 18.0 Å². The second-order valence-corrected chi connectivity index (χ2v) is 9.80. The van der Waals surface area contributed by atoms with Crippen molar-refractivity contribution in [1.82, 2.24) is 5.32 Å². The van der Waals surface area contributed by atoms with Crippen LogP contribution in [0, 0.1) is 12.8 Å². The molecule has 1 heterocycles. The lowest BCUT2D eigenvalue weighted by atomic mass is 10.0. The Bertz CT molecular complexity index is 1270. The molecule has 0 aliphatic carbocycles. The first-order valence-corrected chi connectivity index (χ1v) is 13.2. The van der Waals surface area contributed by atoms with Crippen molar-refractivity contribution in [2.45, 2.75) is 39.0 Å². The minimum absolute atomic E-state index is 0.0386. The van der Waals surface area contributed by atoms with Crippen molar-refractivity contribution < 1.29 is 32.3 Å². The van der Waals surface area contributed by atoms with E-state index in [2.05, 4.69) is 10.5 Å². The Morgan fingerprint density at radius 1 is 1.00 bits per heavy atom. The van der Waals surface area contributed by atoms with Crippen molar-refractivity contribution in [1.29, 1.82) is 0 Å². The number of nitrogens with zero attached hydrogens (tertiary/aromatic N) is 1. The number of halogens is 3. The Morgan fingerprint density at radius 3 is 2.38 bits per heavy atom. The first kappa shape index (κ1) is 29.1. The number of carbonyl (C=O) groups is 1. The molecular weight excluding hydrogens is 521 g/mol. The molecule has 212 valence electrons. The maximum atomic E-state index is 12.8. The smallest absolute Gasteiger partial charge is 0.416 e. The Hall–Kier alpha value is -3.85. The van der Waals surface area contributed by atoms with Crippen LogP contribution in [0.5, 0.6) is 5.75 Å². The Labute approximate surface area is 232 Å². The third kappa shape index (κ3) is 8.84. The van der Waals surface area contributed by atoms with Gasteiger partial charge in [0.15, 0.2) is 6.61 Å². The second kappa shape index (κ2) is 14.0. The minimum Gasteiger partial charge on any atom is -0.484 e. The number of nitrogens with one attached hydrogen (secondary N) is 1. The van der Waals surface area contributed by atoms with Gasteiger partial charge in [-0.2, -0.15) is 13.2 Å². The van der Waals surface area contributed by atoms with Crippen LogP contribution in [0.3, 0.4) is 0 Å². The standard InChI is InChI=1S/C31H33F3N2O4/c1-22-17-25(9-12-29(22)39-21-30(37)35-19-23-13-15-38-16-14-23)18-28(26-5-3-2-4-6-26)36-40-20-24-7-10-27(11-8-24)31(32,33)34/h2-12,17,23H,13-16,18-21H2,1H3,(H,35,37). The largest absolute Gasteiger partial charge is 0.484 e. The van der Waals surface area contributed by atoms with Gasteiger partial charge in [-0.05, 0) is 66.1 Å². The first-order valence-electron chi connectivity index (χ1n) is 13.2. The quantitative estimate of drug-likeness (QED) is 0.230. The van der Waals surface area contributed by atoms with Gasteiger partial charge < -0.3 is 19.6 Å². The molecule has 3 aromatic carbocycles. The summed E-state index contributed by atoms with van der Waals surface area (Å²) >= 11 is 0. The summed E-state index contributed by atoms with van der Waals surface area (Å²) in [5, 5.41) is 7.27. The third-order valence-corrected chi connectivity index (χ3v) is 6.69. The molecule has 9 heteroatoms. The van der Waals surface area contributed by atoms with Crippen LogP contribution in [-0.4, -0.2) is 38.0 Å². The lowest BCUT2D eigenvalue weighted by Gasteiger charge is -2.22. The number of oxime groups is 1. The predicted octanol–water partition coefficient (Wildman–Crippen LogP) is 6.10. The molecule has 1 aliphatic heterocycles. The molecule has 1 N–H and O–H groups in total. The van der Waals surface area contributed by atoms with Gasteiger partial charge in [-0.1, -0.05) is 59.8 Å². The van der Waals surface area contributed by atoms with Gasteiger partial charge in [0.25, 0.3) is 5.91 Å². The van der Waals surface area contributed by atoms with Gasteiger partial charge >= 0.3 is 6.18 Å². The molecule has 0 radical (unpaired) electrons. The first-order chi connectivity index (χ1) is 19.3. The van der Waals surface area contributed by atoms with Gasteiger partial charge in [0.2, 0.25) is 0 Å². The fraction of sp³-hybridized carbons (Fsp3) is 0.355. The van der Waals surface area contributed by atoms with E-state index in [-0.39, 0.29) is 19.1 Å². The predicted molar refractivity (Wildman–Crippen MR) is 146 cm³/mol. The van der Waals surface area contributed by atoms with Crippen molar-refractivity contribution in [3.05, 3.63) is 101 Å². The van der Waals surface area contributed by atoms with Crippen molar-refractivity contribution in [3.63, 3.8) is 0 Å². The number of aryl methyl sites for hydroxylation is 1. The average molecular weight is 555 g/mol. The highest BCUT2D eigenvalue weighted by molar-refractivity contribution is 6.01. The topological polar surface area (TPSA) is 69.2 Å². The van der Waals surface area contributed by atoms with Crippen molar-refractivity contribution in [3.8, 4) is 5.75 Å². The lowest BCUT2D eigenvalue weighted by Crippen LogP contribution is -2.35. The van der Waals surface area contributed by atoms with E-state index in [1.807, 2.05) is 55.5 Å². The molecule has 0 atom stereocenters. The molecule has 1 amide bonds. The molecule has 0 saturated carbocycles. The zero-order chi connectivity index (χ0) is 28.4. The number of alkyl halides is 3. The molecule has 0 bridgehead atoms. The summed E-state index contributed by atoms with van der Waals surface area (Å²) in [6.45, 7) is 4.01. The Morgan fingerprint density at radius 2 is 1.70 bits per heavy atom. The fourth-order valence-corrected chi connectivity index (χ4v) is 4.37. The summed E-state index contributed by atoms with van der Waals surface area (Å²) in [4.78, 5) is 17.8. The summed E-state index contributed by atoms with van der Waals surface area (Å²) < 4.78 is 49.6. The van der Waals surface area contributed by atoms with Crippen LogP contribution < -0.4 is 10.1 Å². The van der Waals surface area contributed by atoms with Crippen LogP contribution in [0.2, 0.25) is 0 Å². The van der Waals surface area contributed by atoms with Gasteiger partial charge in [0.1, 0.15) is 12.4 Å². The summed E-state index contributed by atoms with van der Waals surface area (Å²) in [6, 6.07) is 20.1. The highest BCUT2D eigenvalue weighted by atomic mass is 19.4. The number of amides is 1. The number of rotatable bonds is 11. The van der Waals surface area contributed by atoms with Crippen molar-refractivity contribution in [2.75, 3.05) is 26.4 Å². The summed E-state index contributed by atoms with van der Waals surface area (Å²) in [5.74, 6) is 0.915. The highest BCUT2D eigenvalue weighted by Gasteiger charge is 2.29. The van der Waals surface area contributed by atoms with Crippen LogP contribution in [0.15, 0.2) is 78.0 Å². The molecule has 0 unspecified atom stereocenters. The van der Waals surface area contributed by atoms with Gasteiger partial charge in [0.05, 0.1) is 11.3 Å². The molecule has 1 fully saturated rings. The van der Waals surface area contributed by atoms with E-state index in [0.717, 1.165) is 54.9 Å². The molecular formula is C31H33F3N2O4. The normalized spacial score (nSPS) is 14.6. The zero-order valence-corrected chi connectivity index (χ0v) is 22.4. The molecule has 40 heavy (non-hydrogen) atoms. The lowest BCUT2D eigenvalue weighted by molar-refractivity contribution is -0.137. The molecule has 0 aromatic heterocycles. The van der Waals surface area contributed by atoms with Crippen LogP contribution in [0.1, 0.15) is 40.7 Å². The maximum Gasteiger partial charge on any atom is 0.416 e. The monoisotopic (exact) mass is 554 g/mol. The highest BCUT2D eigenvalue weighted by Crippen LogP contribution is 2.29. The zero-order valence-electron chi connectivity index (χ0n) is 22.4. The average Bonchev–Trinajstić information content (AvgIpc) is 2.96. The SMILES string of the molecule is Cc1cc(CC(=NOCc2ccc(C(F)(F)F)cc2)c2ccccc2)ccc1OCC(=O)NCC1CCOCC1. The third-order valence-electron chi connectivity index (χ3n) is 6.69.